The normalized spacial score (nSPS) is 24.5. The van der Waals surface area contributed by atoms with E-state index in [1.54, 1.807) is 6.20 Å². The zero-order valence-electron chi connectivity index (χ0n) is 13.9. The molecular formula is C18H25N4OS+. The van der Waals surface area contributed by atoms with Crippen LogP contribution in [0.3, 0.4) is 0 Å². The van der Waals surface area contributed by atoms with E-state index < -0.39 is 0 Å². The maximum Gasteiger partial charge on any atom is 0.280 e. The second-order valence-corrected chi connectivity index (χ2v) is 7.92. The van der Waals surface area contributed by atoms with Crippen LogP contribution in [0.4, 0.5) is 5.82 Å². The number of likely N-dealkylation sites (tertiary alicyclic amines) is 1. The molecule has 2 atom stereocenters. The highest BCUT2D eigenvalue weighted by Crippen LogP contribution is 2.31. The van der Waals surface area contributed by atoms with E-state index in [-0.39, 0.29) is 5.91 Å². The quantitative estimate of drug-likeness (QED) is 0.874. The highest BCUT2D eigenvalue weighted by molar-refractivity contribution is 7.10. The number of quaternary nitrogens is 1. The van der Waals surface area contributed by atoms with Crippen molar-refractivity contribution in [3.05, 3.63) is 34.7 Å². The van der Waals surface area contributed by atoms with Crippen LogP contribution in [0.25, 0.3) is 0 Å². The van der Waals surface area contributed by atoms with Crippen LogP contribution < -0.4 is 10.2 Å². The van der Waals surface area contributed by atoms with Crippen molar-refractivity contribution in [3.63, 3.8) is 0 Å². The van der Waals surface area contributed by atoms with Crippen molar-refractivity contribution < 1.29 is 9.69 Å². The Bertz CT molecular complexity index is 675. The first kappa shape index (κ1) is 15.8. The minimum Gasteiger partial charge on any atom is -0.320 e. The molecule has 2 aromatic rings. The predicted octanol–water partition coefficient (Wildman–Crippen LogP) is 2.42. The Labute approximate surface area is 146 Å². The molecule has 128 valence electrons. The Kier molecular flexibility index (Phi) is 4.67. The van der Waals surface area contributed by atoms with Gasteiger partial charge in [0.15, 0.2) is 6.54 Å². The number of carbonyl (C=O) groups is 1. The molecule has 1 unspecified atom stereocenters. The molecule has 2 aliphatic rings. The van der Waals surface area contributed by atoms with Gasteiger partial charge in [-0.2, -0.15) is 5.10 Å². The average Bonchev–Trinajstić information content (AvgIpc) is 3.35. The molecule has 1 saturated heterocycles. The molecule has 4 rings (SSSR count). The fourth-order valence-corrected chi connectivity index (χ4v) is 5.12. The summed E-state index contributed by atoms with van der Waals surface area (Å²) in [5, 5.41) is 9.67. The van der Waals surface area contributed by atoms with Crippen molar-refractivity contribution in [2.24, 2.45) is 0 Å². The van der Waals surface area contributed by atoms with Crippen molar-refractivity contribution >= 4 is 23.1 Å². The molecular weight excluding hydrogens is 320 g/mol. The van der Waals surface area contributed by atoms with Crippen LogP contribution in [0.5, 0.6) is 0 Å². The van der Waals surface area contributed by atoms with Gasteiger partial charge >= 0.3 is 0 Å². The zero-order chi connectivity index (χ0) is 16.4. The van der Waals surface area contributed by atoms with E-state index >= 15 is 0 Å². The summed E-state index contributed by atoms with van der Waals surface area (Å²) in [6.07, 6.45) is 9.04. The highest BCUT2D eigenvalue weighted by Gasteiger charge is 2.32. The van der Waals surface area contributed by atoms with E-state index in [9.17, 15) is 4.79 Å². The molecule has 0 aromatic carbocycles. The summed E-state index contributed by atoms with van der Waals surface area (Å²) < 4.78 is 2.01. The van der Waals surface area contributed by atoms with Crippen LogP contribution in [-0.4, -0.2) is 28.8 Å². The van der Waals surface area contributed by atoms with E-state index in [4.69, 9.17) is 0 Å². The fourth-order valence-electron chi connectivity index (χ4n) is 4.20. The number of hydrogen-bond acceptors (Lipinski definition) is 3. The lowest BCUT2D eigenvalue weighted by atomic mass is 10.2. The maximum absolute atomic E-state index is 12.6. The fraction of sp³-hybridized carbons (Fsp3) is 0.556. The van der Waals surface area contributed by atoms with Crippen molar-refractivity contribution in [1.82, 2.24) is 9.78 Å². The molecule has 3 heterocycles. The molecule has 2 fully saturated rings. The Morgan fingerprint density at radius 1 is 1.29 bits per heavy atom. The van der Waals surface area contributed by atoms with Gasteiger partial charge in [0.2, 0.25) is 0 Å². The number of carbonyl (C=O) groups excluding carboxylic acids is 1. The standard InChI is InChI=1S/C18H24N4OS/c23-18(13-21-11-3-7-15(21)16-8-4-12-24-16)20-17-9-10-19-22(17)14-5-1-2-6-14/h4,8-10,12,14-15H,1-3,5-7,11,13H2,(H,20,23)/p+1/t15-/m0/s1. The minimum atomic E-state index is 0.105. The van der Waals surface area contributed by atoms with E-state index in [0.29, 0.717) is 18.6 Å². The Morgan fingerprint density at radius 3 is 2.96 bits per heavy atom. The highest BCUT2D eigenvalue weighted by atomic mass is 32.1. The molecule has 2 N–H and O–H groups in total. The topological polar surface area (TPSA) is 51.4 Å². The summed E-state index contributed by atoms with van der Waals surface area (Å²) in [5.41, 5.74) is 0. The summed E-state index contributed by atoms with van der Waals surface area (Å²) in [7, 11) is 0. The molecule has 1 aliphatic carbocycles. The van der Waals surface area contributed by atoms with Gasteiger partial charge in [-0.25, -0.2) is 4.68 Å². The second kappa shape index (κ2) is 7.07. The SMILES string of the molecule is O=C(C[NH+]1CCC[C@H]1c1cccs1)Nc1ccnn1C1CCCC1. The van der Waals surface area contributed by atoms with Gasteiger partial charge in [-0.1, -0.05) is 18.9 Å². The first-order valence-corrected chi connectivity index (χ1v) is 9.90. The monoisotopic (exact) mass is 345 g/mol. The lowest BCUT2D eigenvalue weighted by Crippen LogP contribution is -3.11. The third-order valence-corrected chi connectivity index (χ3v) is 6.35. The largest absolute Gasteiger partial charge is 0.320 e. The molecule has 0 bridgehead atoms. The Morgan fingerprint density at radius 2 is 2.17 bits per heavy atom. The molecule has 2 aromatic heterocycles. The molecule has 1 amide bonds. The molecule has 5 nitrogen and oxygen atoms in total. The average molecular weight is 345 g/mol. The van der Waals surface area contributed by atoms with E-state index in [1.165, 1.54) is 48.3 Å². The summed E-state index contributed by atoms with van der Waals surface area (Å²) >= 11 is 1.81. The van der Waals surface area contributed by atoms with Crippen LogP contribution in [0.15, 0.2) is 29.8 Å². The van der Waals surface area contributed by atoms with Crippen molar-refractivity contribution in [3.8, 4) is 0 Å². The van der Waals surface area contributed by atoms with E-state index in [2.05, 4.69) is 27.9 Å². The van der Waals surface area contributed by atoms with Crippen LogP contribution >= 0.6 is 11.3 Å². The van der Waals surface area contributed by atoms with Gasteiger partial charge in [-0.3, -0.25) is 4.79 Å². The Hall–Kier alpha value is -1.66. The number of rotatable bonds is 5. The summed E-state index contributed by atoms with van der Waals surface area (Å²) in [5.74, 6) is 0.964. The molecule has 0 spiro atoms. The second-order valence-electron chi connectivity index (χ2n) is 6.94. The zero-order valence-corrected chi connectivity index (χ0v) is 14.7. The molecule has 0 radical (unpaired) electrons. The smallest absolute Gasteiger partial charge is 0.280 e. The maximum atomic E-state index is 12.6. The first-order valence-electron chi connectivity index (χ1n) is 9.02. The number of nitrogens with zero attached hydrogens (tertiary/aromatic N) is 2. The van der Waals surface area contributed by atoms with E-state index in [1.807, 2.05) is 22.1 Å². The summed E-state index contributed by atoms with van der Waals surface area (Å²) in [4.78, 5) is 15.4. The van der Waals surface area contributed by atoms with Crippen molar-refractivity contribution in [1.29, 1.82) is 0 Å². The lowest BCUT2D eigenvalue weighted by molar-refractivity contribution is -0.910. The molecule has 1 aliphatic heterocycles. The third-order valence-electron chi connectivity index (χ3n) is 5.37. The summed E-state index contributed by atoms with van der Waals surface area (Å²) in [6, 6.07) is 7.17. The number of thiophene rings is 1. The number of nitrogens with one attached hydrogen (secondary N) is 2. The lowest BCUT2D eigenvalue weighted by Gasteiger charge is -2.20. The van der Waals surface area contributed by atoms with Crippen LogP contribution in [-0.2, 0) is 4.79 Å². The van der Waals surface area contributed by atoms with E-state index in [0.717, 1.165) is 12.4 Å². The van der Waals surface area contributed by atoms with Crippen LogP contribution in [0, 0.1) is 0 Å². The number of aromatic nitrogens is 2. The minimum absolute atomic E-state index is 0.105. The molecule has 24 heavy (non-hydrogen) atoms. The van der Waals surface area contributed by atoms with Gasteiger partial charge in [-0.05, 0) is 24.3 Å². The Balaban J connectivity index is 1.39. The number of amides is 1. The van der Waals surface area contributed by atoms with Gasteiger partial charge in [0.25, 0.3) is 5.91 Å². The van der Waals surface area contributed by atoms with Crippen molar-refractivity contribution in [2.45, 2.75) is 50.6 Å². The van der Waals surface area contributed by atoms with Gasteiger partial charge < -0.3 is 10.2 Å². The van der Waals surface area contributed by atoms with Crippen molar-refractivity contribution in [2.75, 3.05) is 18.4 Å². The van der Waals surface area contributed by atoms with Crippen LogP contribution in [0.2, 0.25) is 0 Å². The summed E-state index contributed by atoms with van der Waals surface area (Å²) in [6.45, 7) is 1.62. The predicted molar refractivity (Wildman–Crippen MR) is 95.4 cm³/mol. The van der Waals surface area contributed by atoms with Gasteiger partial charge in [0.1, 0.15) is 11.9 Å². The molecule has 1 saturated carbocycles. The number of anilines is 1. The molecule has 6 heteroatoms. The first-order chi connectivity index (χ1) is 11.8. The van der Waals surface area contributed by atoms with Gasteiger partial charge in [0, 0.05) is 18.9 Å². The van der Waals surface area contributed by atoms with Crippen LogP contribution in [0.1, 0.15) is 55.5 Å². The third kappa shape index (κ3) is 3.26. The van der Waals surface area contributed by atoms with Gasteiger partial charge in [-0.15, -0.1) is 11.3 Å². The number of hydrogen-bond donors (Lipinski definition) is 2. The van der Waals surface area contributed by atoms with Gasteiger partial charge in [0.05, 0.1) is 23.7 Å².